The molecule has 0 radical (unpaired) electrons. The van der Waals surface area contributed by atoms with Gasteiger partial charge in [0.15, 0.2) is 0 Å². The number of rotatable bonds is 5. The van der Waals surface area contributed by atoms with Gasteiger partial charge >= 0.3 is 0 Å². The van der Waals surface area contributed by atoms with E-state index < -0.39 is 0 Å². The fourth-order valence-electron chi connectivity index (χ4n) is 3.81. The molecule has 0 fully saturated rings. The quantitative estimate of drug-likeness (QED) is 0.406. The van der Waals surface area contributed by atoms with E-state index in [0.29, 0.717) is 0 Å². The highest BCUT2D eigenvalue weighted by atomic mass is 35.5. The number of hydrogen-bond donors (Lipinski definition) is 2. The third-order valence-corrected chi connectivity index (χ3v) is 5.63. The lowest BCUT2D eigenvalue weighted by molar-refractivity contribution is 0.748. The predicted octanol–water partition coefficient (Wildman–Crippen LogP) is 6.23. The summed E-state index contributed by atoms with van der Waals surface area (Å²) in [5.41, 5.74) is 11.8. The van der Waals surface area contributed by atoms with E-state index in [1.807, 2.05) is 6.07 Å². The average Bonchev–Trinajstić information content (AvgIpc) is 3.04. The van der Waals surface area contributed by atoms with Crippen molar-refractivity contribution in [3.05, 3.63) is 70.7 Å². The minimum Gasteiger partial charge on any atom is -0.354 e. The molecule has 3 heteroatoms. The maximum absolute atomic E-state index is 6.38. The summed E-state index contributed by atoms with van der Waals surface area (Å²) in [4.78, 5) is 3.69. The van der Waals surface area contributed by atoms with Crippen LogP contribution < -0.4 is 5.73 Å². The molecule has 1 aromatic heterocycles. The molecule has 0 aliphatic heterocycles. The smallest absolute Gasteiger partial charge is 0.0506 e. The minimum atomic E-state index is 0.733. The Morgan fingerprint density at radius 3 is 2.58 bits per heavy atom. The predicted molar refractivity (Wildman–Crippen MR) is 113 cm³/mol. The number of benzene rings is 3. The van der Waals surface area contributed by atoms with Crippen LogP contribution in [0.25, 0.3) is 32.9 Å². The molecule has 2 nitrogen and oxygen atoms in total. The molecule has 0 aliphatic carbocycles. The van der Waals surface area contributed by atoms with Gasteiger partial charge in [0.05, 0.1) is 11.2 Å². The molecule has 0 saturated heterocycles. The van der Waals surface area contributed by atoms with Crippen LogP contribution in [0, 0.1) is 6.92 Å². The van der Waals surface area contributed by atoms with Crippen molar-refractivity contribution in [2.45, 2.75) is 26.2 Å². The van der Waals surface area contributed by atoms with E-state index >= 15 is 0 Å². The lowest BCUT2D eigenvalue weighted by Crippen LogP contribution is -1.99. The van der Waals surface area contributed by atoms with Crippen LogP contribution in [0.15, 0.2) is 54.6 Å². The molecule has 0 aliphatic rings. The average molecular weight is 363 g/mol. The Bertz CT molecular complexity index is 1070. The van der Waals surface area contributed by atoms with Gasteiger partial charge in [0, 0.05) is 16.0 Å². The topological polar surface area (TPSA) is 41.8 Å². The summed E-state index contributed by atoms with van der Waals surface area (Å²) < 4.78 is 0. The van der Waals surface area contributed by atoms with Crippen LogP contribution >= 0.6 is 11.6 Å². The molecule has 4 aromatic rings. The molecule has 26 heavy (non-hydrogen) atoms. The second-order valence-corrected chi connectivity index (χ2v) is 7.25. The number of halogens is 1. The second kappa shape index (κ2) is 7.14. The third kappa shape index (κ3) is 2.90. The number of aryl methyl sites for hydroxylation is 2. The number of fused-ring (bicyclic) bond motifs is 2. The molecule has 3 aromatic carbocycles. The van der Waals surface area contributed by atoms with E-state index in [-0.39, 0.29) is 0 Å². The van der Waals surface area contributed by atoms with Gasteiger partial charge < -0.3 is 10.7 Å². The number of aromatic nitrogens is 1. The molecule has 132 valence electrons. The number of aromatic amines is 1. The number of nitrogens with one attached hydrogen (secondary N) is 1. The highest BCUT2D eigenvalue weighted by molar-refractivity contribution is 6.32. The van der Waals surface area contributed by atoms with Crippen molar-refractivity contribution in [3.63, 3.8) is 0 Å². The van der Waals surface area contributed by atoms with E-state index in [2.05, 4.69) is 60.4 Å². The van der Waals surface area contributed by atoms with Gasteiger partial charge in [-0.15, -0.1) is 0 Å². The first-order valence-corrected chi connectivity index (χ1v) is 9.56. The van der Waals surface area contributed by atoms with Gasteiger partial charge in [-0.2, -0.15) is 0 Å². The van der Waals surface area contributed by atoms with Crippen LogP contribution in [0.2, 0.25) is 5.02 Å². The van der Waals surface area contributed by atoms with Crippen molar-refractivity contribution >= 4 is 33.3 Å². The van der Waals surface area contributed by atoms with E-state index in [1.54, 1.807) is 0 Å². The molecule has 0 atom stereocenters. The van der Waals surface area contributed by atoms with Crippen molar-refractivity contribution in [1.29, 1.82) is 0 Å². The lowest BCUT2D eigenvalue weighted by Gasteiger charge is -2.09. The zero-order chi connectivity index (χ0) is 18.1. The first-order valence-electron chi connectivity index (χ1n) is 9.18. The minimum absolute atomic E-state index is 0.733. The van der Waals surface area contributed by atoms with Gasteiger partial charge in [-0.05, 0) is 60.7 Å². The summed E-state index contributed by atoms with van der Waals surface area (Å²) in [6.45, 7) is 2.81. The summed E-state index contributed by atoms with van der Waals surface area (Å²) in [5, 5.41) is 4.60. The molecule has 0 bridgehead atoms. The standard InChI is InChI=1S/C23H23ClN2/c1-15-21(24)13-12-20-19(10-4-5-14-25)23(26-22(15)20)18-11-6-8-16-7-2-3-9-17(16)18/h2-3,6-9,11-13,26H,4-5,10,14,25H2,1H3. The van der Waals surface area contributed by atoms with Crippen LogP contribution in [-0.4, -0.2) is 11.5 Å². The van der Waals surface area contributed by atoms with Crippen LogP contribution in [0.1, 0.15) is 24.0 Å². The van der Waals surface area contributed by atoms with Gasteiger partial charge in [0.25, 0.3) is 0 Å². The number of H-pyrrole nitrogens is 1. The van der Waals surface area contributed by atoms with E-state index in [4.69, 9.17) is 17.3 Å². The van der Waals surface area contributed by atoms with Crippen molar-refractivity contribution in [2.24, 2.45) is 5.73 Å². The monoisotopic (exact) mass is 362 g/mol. The first kappa shape index (κ1) is 17.1. The number of nitrogens with two attached hydrogens (primary N) is 1. The molecule has 0 saturated carbocycles. The van der Waals surface area contributed by atoms with Crippen molar-refractivity contribution in [1.82, 2.24) is 4.98 Å². The summed E-state index contributed by atoms with van der Waals surface area (Å²) in [6, 6.07) is 19.2. The Morgan fingerprint density at radius 2 is 1.73 bits per heavy atom. The van der Waals surface area contributed by atoms with Crippen LogP contribution in [0.4, 0.5) is 0 Å². The normalized spacial score (nSPS) is 11.5. The fourth-order valence-corrected chi connectivity index (χ4v) is 3.97. The molecule has 4 rings (SSSR count). The Labute approximate surface area is 159 Å². The fraction of sp³-hybridized carbons (Fsp3) is 0.217. The van der Waals surface area contributed by atoms with E-state index in [1.165, 1.54) is 33.0 Å². The second-order valence-electron chi connectivity index (χ2n) is 6.85. The van der Waals surface area contributed by atoms with Gasteiger partial charge in [-0.1, -0.05) is 60.1 Å². The van der Waals surface area contributed by atoms with Gasteiger partial charge in [0.2, 0.25) is 0 Å². The summed E-state index contributed by atoms with van der Waals surface area (Å²) in [6.07, 6.45) is 3.13. The molecule has 0 amide bonds. The first-order chi connectivity index (χ1) is 12.7. The Morgan fingerprint density at radius 1 is 0.923 bits per heavy atom. The Balaban J connectivity index is 1.98. The van der Waals surface area contributed by atoms with E-state index in [9.17, 15) is 0 Å². The molecular formula is C23H23ClN2. The molecular weight excluding hydrogens is 340 g/mol. The molecule has 0 unspecified atom stereocenters. The maximum Gasteiger partial charge on any atom is 0.0506 e. The number of hydrogen-bond acceptors (Lipinski definition) is 1. The molecule has 0 spiro atoms. The highest BCUT2D eigenvalue weighted by Gasteiger charge is 2.17. The third-order valence-electron chi connectivity index (χ3n) is 5.22. The van der Waals surface area contributed by atoms with Crippen LogP contribution in [0.5, 0.6) is 0 Å². The molecule has 1 heterocycles. The lowest BCUT2D eigenvalue weighted by atomic mass is 9.96. The van der Waals surface area contributed by atoms with Crippen LogP contribution in [-0.2, 0) is 6.42 Å². The summed E-state index contributed by atoms with van der Waals surface area (Å²) in [7, 11) is 0. The maximum atomic E-state index is 6.38. The van der Waals surface area contributed by atoms with E-state index in [0.717, 1.165) is 41.9 Å². The molecule has 3 N–H and O–H groups in total. The van der Waals surface area contributed by atoms with Crippen LogP contribution in [0.3, 0.4) is 0 Å². The zero-order valence-electron chi connectivity index (χ0n) is 15.0. The highest BCUT2D eigenvalue weighted by Crippen LogP contribution is 2.37. The van der Waals surface area contributed by atoms with Gasteiger partial charge in [0.1, 0.15) is 0 Å². The Kier molecular flexibility index (Phi) is 4.71. The zero-order valence-corrected chi connectivity index (χ0v) is 15.7. The summed E-state index contributed by atoms with van der Waals surface area (Å²) >= 11 is 6.38. The van der Waals surface area contributed by atoms with Gasteiger partial charge in [-0.3, -0.25) is 0 Å². The number of unbranched alkanes of at least 4 members (excludes halogenated alkanes) is 1. The summed E-state index contributed by atoms with van der Waals surface area (Å²) in [5.74, 6) is 0. The SMILES string of the molecule is Cc1c(Cl)ccc2c(CCCCN)c(-c3cccc4ccccc34)[nH]c12. The largest absolute Gasteiger partial charge is 0.354 e. The van der Waals surface area contributed by atoms with Gasteiger partial charge in [-0.25, -0.2) is 0 Å². The van der Waals surface area contributed by atoms with Crippen molar-refractivity contribution in [3.8, 4) is 11.3 Å². The van der Waals surface area contributed by atoms with Crippen molar-refractivity contribution < 1.29 is 0 Å². The Hall–Kier alpha value is -2.29. The van der Waals surface area contributed by atoms with Crippen molar-refractivity contribution in [2.75, 3.05) is 6.54 Å².